The predicted molar refractivity (Wildman–Crippen MR) is 72.3 cm³/mol. The van der Waals surface area contributed by atoms with Crippen molar-refractivity contribution in [3.8, 4) is 0 Å². The molecular weight excluding hydrogens is 247 g/mol. The highest BCUT2D eigenvalue weighted by molar-refractivity contribution is 5.78. The molecule has 0 aromatic heterocycles. The highest BCUT2D eigenvalue weighted by Gasteiger charge is 2.10. The highest BCUT2D eigenvalue weighted by Crippen LogP contribution is 2.12. The van der Waals surface area contributed by atoms with E-state index in [9.17, 15) is 9.18 Å². The molecule has 0 spiro atoms. The second kappa shape index (κ2) is 7.86. The van der Waals surface area contributed by atoms with Crippen molar-refractivity contribution in [2.45, 2.75) is 25.9 Å². The molecule has 0 fully saturated rings. The van der Waals surface area contributed by atoms with E-state index in [-0.39, 0.29) is 30.4 Å². The quantitative estimate of drug-likeness (QED) is 0.790. The lowest BCUT2D eigenvalue weighted by molar-refractivity contribution is -0.121. The van der Waals surface area contributed by atoms with E-state index in [0.29, 0.717) is 6.61 Å². The number of methoxy groups -OCH3 is 1. The Labute approximate surface area is 113 Å². The Morgan fingerprint density at radius 1 is 1.32 bits per heavy atom. The van der Waals surface area contributed by atoms with E-state index in [1.165, 1.54) is 12.1 Å². The summed E-state index contributed by atoms with van der Waals surface area (Å²) < 4.78 is 17.7. The number of halogens is 1. The number of rotatable bonds is 7. The first-order valence-electron chi connectivity index (χ1n) is 6.30. The van der Waals surface area contributed by atoms with Crippen LogP contribution in [0.4, 0.5) is 4.39 Å². The van der Waals surface area contributed by atoms with Gasteiger partial charge in [0.2, 0.25) is 5.91 Å². The van der Waals surface area contributed by atoms with E-state index < -0.39 is 0 Å². The fraction of sp³-hybridized carbons (Fsp3) is 0.500. The molecule has 1 rings (SSSR count). The smallest absolute Gasteiger partial charge is 0.234 e. The molecule has 0 bridgehead atoms. The van der Waals surface area contributed by atoms with Gasteiger partial charge in [-0.2, -0.15) is 0 Å². The van der Waals surface area contributed by atoms with Crippen molar-refractivity contribution in [2.75, 3.05) is 20.3 Å². The number of benzene rings is 1. The van der Waals surface area contributed by atoms with Crippen molar-refractivity contribution in [3.05, 3.63) is 35.6 Å². The summed E-state index contributed by atoms with van der Waals surface area (Å²) >= 11 is 0. The normalized spacial score (nSPS) is 13.9. The van der Waals surface area contributed by atoms with Crippen molar-refractivity contribution in [1.29, 1.82) is 0 Å². The van der Waals surface area contributed by atoms with E-state index in [0.717, 1.165) is 5.56 Å². The third-order valence-corrected chi connectivity index (χ3v) is 2.76. The van der Waals surface area contributed by atoms with Crippen LogP contribution in [-0.2, 0) is 9.53 Å². The van der Waals surface area contributed by atoms with Crippen molar-refractivity contribution in [1.82, 2.24) is 10.6 Å². The number of amides is 1. The molecule has 0 aliphatic carbocycles. The number of carbonyl (C=O) groups is 1. The molecule has 0 aliphatic rings. The molecule has 0 saturated carbocycles. The van der Waals surface area contributed by atoms with Crippen LogP contribution in [0.2, 0.25) is 0 Å². The molecule has 4 nitrogen and oxygen atoms in total. The third kappa shape index (κ3) is 5.81. The second-order valence-electron chi connectivity index (χ2n) is 4.58. The number of nitrogens with one attached hydrogen (secondary N) is 2. The van der Waals surface area contributed by atoms with E-state index in [4.69, 9.17) is 4.74 Å². The largest absolute Gasteiger partial charge is 0.383 e. The summed E-state index contributed by atoms with van der Waals surface area (Å²) in [5, 5.41) is 5.90. The van der Waals surface area contributed by atoms with Gasteiger partial charge >= 0.3 is 0 Å². The van der Waals surface area contributed by atoms with Gasteiger partial charge in [-0.25, -0.2) is 4.39 Å². The van der Waals surface area contributed by atoms with Crippen LogP contribution < -0.4 is 10.6 Å². The van der Waals surface area contributed by atoms with Crippen LogP contribution in [0.15, 0.2) is 24.3 Å². The minimum Gasteiger partial charge on any atom is -0.383 e. The molecule has 1 aromatic carbocycles. The number of carbonyl (C=O) groups excluding carboxylic acids is 1. The molecule has 1 unspecified atom stereocenters. The van der Waals surface area contributed by atoms with Crippen molar-refractivity contribution in [2.24, 2.45) is 0 Å². The predicted octanol–water partition coefficient (Wildman–Crippen LogP) is 1.63. The maximum Gasteiger partial charge on any atom is 0.234 e. The fourth-order valence-corrected chi connectivity index (χ4v) is 1.73. The van der Waals surface area contributed by atoms with Gasteiger partial charge in [0.1, 0.15) is 5.82 Å². The zero-order valence-electron chi connectivity index (χ0n) is 11.6. The molecule has 19 heavy (non-hydrogen) atoms. The molecule has 0 saturated heterocycles. The first kappa shape index (κ1) is 15.6. The molecule has 0 heterocycles. The number of hydrogen-bond donors (Lipinski definition) is 2. The summed E-state index contributed by atoms with van der Waals surface area (Å²) in [6.07, 6.45) is 0. The van der Waals surface area contributed by atoms with Crippen LogP contribution in [0.1, 0.15) is 25.5 Å². The fourth-order valence-electron chi connectivity index (χ4n) is 1.73. The monoisotopic (exact) mass is 268 g/mol. The van der Waals surface area contributed by atoms with Crippen LogP contribution in [0.5, 0.6) is 0 Å². The van der Waals surface area contributed by atoms with Gasteiger partial charge < -0.3 is 15.4 Å². The van der Waals surface area contributed by atoms with Gasteiger partial charge in [0.05, 0.1) is 13.2 Å². The molecule has 2 N–H and O–H groups in total. The Morgan fingerprint density at radius 2 is 1.95 bits per heavy atom. The van der Waals surface area contributed by atoms with Gasteiger partial charge in [-0.1, -0.05) is 12.1 Å². The summed E-state index contributed by atoms with van der Waals surface area (Å²) in [5.74, 6) is -0.347. The zero-order chi connectivity index (χ0) is 14.3. The molecule has 106 valence electrons. The van der Waals surface area contributed by atoms with Crippen molar-refractivity contribution < 1.29 is 13.9 Å². The van der Waals surface area contributed by atoms with Crippen molar-refractivity contribution >= 4 is 5.91 Å². The first-order valence-corrected chi connectivity index (χ1v) is 6.30. The SMILES string of the molecule is COCC(C)NC(=O)CN[C@H](C)c1ccc(F)cc1. The minimum atomic E-state index is -0.262. The van der Waals surface area contributed by atoms with Gasteiger partial charge in [0, 0.05) is 19.2 Å². The lowest BCUT2D eigenvalue weighted by Crippen LogP contribution is -2.41. The first-order chi connectivity index (χ1) is 9.02. The van der Waals surface area contributed by atoms with Crippen LogP contribution in [0.3, 0.4) is 0 Å². The Kier molecular flexibility index (Phi) is 6.45. The Morgan fingerprint density at radius 3 is 2.53 bits per heavy atom. The second-order valence-corrected chi connectivity index (χ2v) is 4.58. The Hall–Kier alpha value is -1.46. The van der Waals surface area contributed by atoms with E-state index in [1.807, 2.05) is 13.8 Å². The zero-order valence-corrected chi connectivity index (χ0v) is 11.6. The van der Waals surface area contributed by atoms with Gasteiger partial charge in [-0.15, -0.1) is 0 Å². The third-order valence-electron chi connectivity index (χ3n) is 2.76. The molecule has 1 aromatic rings. The topological polar surface area (TPSA) is 50.4 Å². The van der Waals surface area contributed by atoms with Gasteiger partial charge in [0.25, 0.3) is 0 Å². The average Bonchev–Trinajstić information content (AvgIpc) is 2.37. The highest BCUT2D eigenvalue weighted by atomic mass is 19.1. The number of hydrogen-bond acceptors (Lipinski definition) is 3. The lowest BCUT2D eigenvalue weighted by atomic mass is 10.1. The standard InChI is InChI=1S/C14H21FN2O2/c1-10(9-19-3)17-14(18)8-16-11(2)12-4-6-13(15)7-5-12/h4-7,10-11,16H,8-9H2,1-3H3,(H,17,18)/t10?,11-/m1/s1. The van der Waals surface area contributed by atoms with Gasteiger partial charge in [0.15, 0.2) is 0 Å². The van der Waals surface area contributed by atoms with Crippen molar-refractivity contribution in [3.63, 3.8) is 0 Å². The van der Waals surface area contributed by atoms with Crippen LogP contribution >= 0.6 is 0 Å². The molecule has 0 aliphatic heterocycles. The maximum absolute atomic E-state index is 12.8. The molecular formula is C14H21FN2O2. The summed E-state index contributed by atoms with van der Waals surface area (Å²) in [4.78, 5) is 11.6. The van der Waals surface area contributed by atoms with E-state index in [1.54, 1.807) is 19.2 Å². The summed E-state index contributed by atoms with van der Waals surface area (Å²) in [6, 6.07) is 6.21. The average molecular weight is 268 g/mol. The molecule has 5 heteroatoms. The summed E-state index contributed by atoms with van der Waals surface area (Å²) in [7, 11) is 1.59. The Bertz CT molecular complexity index is 395. The van der Waals surface area contributed by atoms with E-state index >= 15 is 0 Å². The van der Waals surface area contributed by atoms with Gasteiger partial charge in [-0.3, -0.25) is 4.79 Å². The Balaban J connectivity index is 2.35. The molecule has 0 radical (unpaired) electrons. The minimum absolute atomic E-state index is 0.0101. The lowest BCUT2D eigenvalue weighted by Gasteiger charge is -2.16. The van der Waals surface area contributed by atoms with Crippen LogP contribution in [-0.4, -0.2) is 32.2 Å². The van der Waals surface area contributed by atoms with E-state index in [2.05, 4.69) is 10.6 Å². The van der Waals surface area contributed by atoms with Gasteiger partial charge in [-0.05, 0) is 31.5 Å². The maximum atomic E-state index is 12.8. The van der Waals surface area contributed by atoms with Crippen LogP contribution in [0, 0.1) is 5.82 Å². The summed E-state index contributed by atoms with van der Waals surface area (Å²) in [5.41, 5.74) is 0.944. The summed E-state index contributed by atoms with van der Waals surface area (Å²) in [6.45, 7) is 4.51. The molecule has 1 amide bonds. The van der Waals surface area contributed by atoms with Crippen LogP contribution in [0.25, 0.3) is 0 Å². The number of ether oxygens (including phenoxy) is 1. The molecule has 2 atom stereocenters.